The van der Waals surface area contributed by atoms with E-state index in [9.17, 15) is 13.6 Å². The molecule has 3 rings (SSSR count). The summed E-state index contributed by atoms with van der Waals surface area (Å²) in [7, 11) is 0. The molecule has 5 nitrogen and oxygen atoms in total. The SMILES string of the molecule is Cl.O=C(NCC1CCCN(Cc2cccc(OC(F)F)c2)C1)C1CCCN1. The highest BCUT2D eigenvalue weighted by Crippen LogP contribution is 2.21. The maximum atomic E-state index is 12.4. The molecule has 2 N–H and O–H groups in total. The van der Waals surface area contributed by atoms with Crippen molar-refractivity contribution in [2.75, 3.05) is 26.2 Å². The number of likely N-dealkylation sites (tertiary alicyclic amines) is 1. The van der Waals surface area contributed by atoms with Gasteiger partial charge in [0.15, 0.2) is 0 Å². The third-order valence-electron chi connectivity index (χ3n) is 5.07. The van der Waals surface area contributed by atoms with Crippen molar-refractivity contribution in [3.05, 3.63) is 29.8 Å². The van der Waals surface area contributed by atoms with Crippen LogP contribution < -0.4 is 15.4 Å². The number of nitrogens with one attached hydrogen (secondary N) is 2. The minimum atomic E-state index is -2.80. The van der Waals surface area contributed by atoms with Crippen molar-refractivity contribution in [1.29, 1.82) is 0 Å². The minimum Gasteiger partial charge on any atom is -0.435 e. The van der Waals surface area contributed by atoms with Gasteiger partial charge in [0.25, 0.3) is 0 Å². The molecule has 2 unspecified atom stereocenters. The average Bonchev–Trinajstić information content (AvgIpc) is 3.14. The van der Waals surface area contributed by atoms with E-state index >= 15 is 0 Å². The van der Waals surface area contributed by atoms with E-state index in [4.69, 9.17) is 0 Å². The summed E-state index contributed by atoms with van der Waals surface area (Å²) >= 11 is 0. The van der Waals surface area contributed by atoms with Crippen LogP contribution in [0, 0.1) is 5.92 Å². The number of halogens is 3. The lowest BCUT2D eigenvalue weighted by Gasteiger charge is -2.33. The third kappa shape index (κ3) is 6.90. The number of rotatable bonds is 7. The molecule has 2 aliphatic heterocycles. The fraction of sp³-hybridized carbons (Fsp3) is 0.632. The number of benzene rings is 1. The quantitative estimate of drug-likeness (QED) is 0.735. The van der Waals surface area contributed by atoms with Crippen LogP contribution in [0.5, 0.6) is 5.75 Å². The van der Waals surface area contributed by atoms with Crippen molar-refractivity contribution in [2.24, 2.45) is 5.92 Å². The first kappa shape index (κ1) is 21.9. The number of carbonyl (C=O) groups excluding carboxylic acids is 1. The fourth-order valence-electron chi connectivity index (χ4n) is 3.82. The van der Waals surface area contributed by atoms with E-state index in [-0.39, 0.29) is 30.1 Å². The van der Waals surface area contributed by atoms with E-state index in [2.05, 4.69) is 20.3 Å². The van der Waals surface area contributed by atoms with Crippen LogP contribution in [0.3, 0.4) is 0 Å². The molecular formula is C19H28ClF2N3O2. The van der Waals surface area contributed by atoms with Crippen LogP contribution in [-0.4, -0.2) is 49.6 Å². The van der Waals surface area contributed by atoms with Crippen LogP contribution in [-0.2, 0) is 11.3 Å². The van der Waals surface area contributed by atoms with E-state index in [1.807, 2.05) is 6.07 Å². The molecule has 0 aromatic heterocycles. The molecular weight excluding hydrogens is 376 g/mol. The topological polar surface area (TPSA) is 53.6 Å². The predicted octanol–water partition coefficient (Wildman–Crippen LogP) is 2.79. The van der Waals surface area contributed by atoms with Gasteiger partial charge >= 0.3 is 6.61 Å². The zero-order valence-electron chi connectivity index (χ0n) is 15.3. The van der Waals surface area contributed by atoms with Crippen molar-refractivity contribution >= 4 is 18.3 Å². The van der Waals surface area contributed by atoms with Gasteiger partial charge in [0.1, 0.15) is 5.75 Å². The maximum absolute atomic E-state index is 12.4. The molecule has 2 atom stereocenters. The number of carbonyl (C=O) groups is 1. The first-order valence-corrected chi connectivity index (χ1v) is 9.37. The van der Waals surface area contributed by atoms with Gasteiger partial charge in [-0.15, -0.1) is 12.4 Å². The molecule has 2 aliphatic rings. The van der Waals surface area contributed by atoms with Gasteiger partial charge in [-0.2, -0.15) is 8.78 Å². The van der Waals surface area contributed by atoms with E-state index in [0.29, 0.717) is 19.0 Å². The second-order valence-corrected chi connectivity index (χ2v) is 7.16. The molecule has 1 amide bonds. The number of hydrogen-bond donors (Lipinski definition) is 2. The number of ether oxygens (including phenoxy) is 1. The summed E-state index contributed by atoms with van der Waals surface area (Å²) in [5, 5.41) is 6.29. The van der Waals surface area contributed by atoms with Gasteiger partial charge in [0.05, 0.1) is 6.04 Å². The number of amides is 1. The summed E-state index contributed by atoms with van der Waals surface area (Å²) in [6.07, 6.45) is 4.15. The number of piperidine rings is 1. The maximum Gasteiger partial charge on any atom is 0.387 e. The summed E-state index contributed by atoms with van der Waals surface area (Å²) in [6, 6.07) is 6.84. The van der Waals surface area contributed by atoms with Crippen LogP contribution in [0.25, 0.3) is 0 Å². The van der Waals surface area contributed by atoms with E-state index in [0.717, 1.165) is 50.9 Å². The van der Waals surface area contributed by atoms with Gasteiger partial charge in [-0.1, -0.05) is 12.1 Å². The van der Waals surface area contributed by atoms with Gasteiger partial charge in [-0.25, -0.2) is 0 Å². The summed E-state index contributed by atoms with van der Waals surface area (Å²) in [6.45, 7) is 1.40. The molecule has 0 bridgehead atoms. The Labute approximate surface area is 165 Å². The molecule has 1 aromatic rings. The van der Waals surface area contributed by atoms with Crippen molar-refractivity contribution in [1.82, 2.24) is 15.5 Å². The minimum absolute atomic E-state index is 0. The summed E-state index contributed by atoms with van der Waals surface area (Å²) in [5.41, 5.74) is 0.961. The summed E-state index contributed by atoms with van der Waals surface area (Å²) < 4.78 is 29.2. The molecule has 0 saturated carbocycles. The second-order valence-electron chi connectivity index (χ2n) is 7.16. The Balaban J connectivity index is 0.00000261. The fourth-order valence-corrected chi connectivity index (χ4v) is 3.82. The van der Waals surface area contributed by atoms with Gasteiger partial charge < -0.3 is 15.4 Å². The van der Waals surface area contributed by atoms with E-state index in [1.165, 1.54) is 0 Å². The lowest BCUT2D eigenvalue weighted by molar-refractivity contribution is -0.123. The van der Waals surface area contributed by atoms with E-state index < -0.39 is 6.61 Å². The normalized spacial score (nSPS) is 23.1. The van der Waals surface area contributed by atoms with E-state index in [1.54, 1.807) is 18.2 Å². The number of hydrogen-bond acceptors (Lipinski definition) is 4. The van der Waals surface area contributed by atoms with Crippen molar-refractivity contribution in [3.8, 4) is 5.75 Å². The Morgan fingerprint density at radius 1 is 1.33 bits per heavy atom. The monoisotopic (exact) mass is 403 g/mol. The molecule has 27 heavy (non-hydrogen) atoms. The molecule has 1 aromatic carbocycles. The zero-order chi connectivity index (χ0) is 18.4. The first-order chi connectivity index (χ1) is 12.6. The first-order valence-electron chi connectivity index (χ1n) is 9.37. The van der Waals surface area contributed by atoms with Crippen molar-refractivity contribution < 1.29 is 18.3 Å². The Morgan fingerprint density at radius 2 is 2.19 bits per heavy atom. The smallest absolute Gasteiger partial charge is 0.387 e. The highest BCUT2D eigenvalue weighted by atomic mass is 35.5. The Bertz CT molecular complexity index is 600. The molecule has 152 valence electrons. The zero-order valence-corrected chi connectivity index (χ0v) is 16.1. The summed E-state index contributed by atoms with van der Waals surface area (Å²) in [5.74, 6) is 0.730. The van der Waals surface area contributed by atoms with Gasteiger partial charge in [-0.05, 0) is 62.4 Å². The molecule has 2 saturated heterocycles. The average molecular weight is 404 g/mol. The number of alkyl halides is 2. The van der Waals surface area contributed by atoms with Crippen LogP contribution in [0.4, 0.5) is 8.78 Å². The molecule has 8 heteroatoms. The highest BCUT2D eigenvalue weighted by Gasteiger charge is 2.24. The predicted molar refractivity (Wildman–Crippen MR) is 102 cm³/mol. The standard InChI is InChI=1S/C19H27F2N3O2.ClH/c20-19(21)26-16-6-1-4-14(10-16)12-24-9-3-5-15(13-24)11-23-18(25)17-7-2-8-22-17;/h1,4,6,10,15,17,19,22H,2-3,5,7-9,11-13H2,(H,23,25);1H. The molecule has 0 radical (unpaired) electrons. The third-order valence-corrected chi connectivity index (χ3v) is 5.07. The van der Waals surface area contributed by atoms with Gasteiger partial charge in [-0.3, -0.25) is 9.69 Å². The van der Waals surface area contributed by atoms with Crippen molar-refractivity contribution in [3.63, 3.8) is 0 Å². The molecule has 2 heterocycles. The number of nitrogens with zero attached hydrogens (tertiary/aromatic N) is 1. The van der Waals surface area contributed by atoms with Crippen LogP contribution in [0.1, 0.15) is 31.2 Å². The Morgan fingerprint density at radius 3 is 2.93 bits per heavy atom. The van der Waals surface area contributed by atoms with Gasteiger partial charge in [0, 0.05) is 19.6 Å². The lowest BCUT2D eigenvalue weighted by Crippen LogP contribution is -2.45. The Kier molecular flexibility index (Phi) is 8.73. The molecule has 0 spiro atoms. The molecule has 2 fully saturated rings. The lowest BCUT2D eigenvalue weighted by atomic mass is 9.97. The van der Waals surface area contributed by atoms with Crippen LogP contribution in [0.15, 0.2) is 24.3 Å². The summed E-state index contributed by atoms with van der Waals surface area (Å²) in [4.78, 5) is 14.4. The van der Waals surface area contributed by atoms with Gasteiger partial charge in [0.2, 0.25) is 5.91 Å². The van der Waals surface area contributed by atoms with Crippen LogP contribution in [0.2, 0.25) is 0 Å². The van der Waals surface area contributed by atoms with Crippen LogP contribution >= 0.6 is 12.4 Å². The highest BCUT2D eigenvalue weighted by molar-refractivity contribution is 5.85. The molecule has 0 aliphatic carbocycles. The second kappa shape index (κ2) is 10.8. The van der Waals surface area contributed by atoms with Crippen molar-refractivity contribution in [2.45, 2.75) is 44.9 Å². The Hall–Kier alpha value is -1.44. The largest absolute Gasteiger partial charge is 0.435 e.